The maximum Gasteiger partial charge on any atom is 0.233 e. The molecule has 2 aromatic rings. The van der Waals surface area contributed by atoms with Gasteiger partial charge in [0.05, 0.1) is 12.9 Å². The Labute approximate surface area is 154 Å². The number of anilines is 1. The summed E-state index contributed by atoms with van der Waals surface area (Å²) in [6.07, 6.45) is 1.01. The molecule has 1 aromatic carbocycles. The molecule has 1 amide bonds. The van der Waals surface area contributed by atoms with E-state index in [1.807, 2.05) is 0 Å². The van der Waals surface area contributed by atoms with Crippen LogP contribution in [0, 0.1) is 5.82 Å². The number of aromatic nitrogens is 2. The van der Waals surface area contributed by atoms with Crippen LogP contribution in [-0.4, -0.2) is 47.5 Å². The number of ether oxygens (including phenoxy) is 1. The summed E-state index contributed by atoms with van der Waals surface area (Å²) in [6, 6.07) is 4.69. The molecular formula is C16H21FN4O2S2. The fourth-order valence-corrected chi connectivity index (χ4v) is 3.69. The number of halogens is 1. The van der Waals surface area contributed by atoms with Crippen LogP contribution in [0.5, 0.6) is 5.75 Å². The summed E-state index contributed by atoms with van der Waals surface area (Å²) in [5.74, 6) is -0.0369. The Morgan fingerprint density at radius 3 is 2.92 bits per heavy atom. The van der Waals surface area contributed by atoms with Crippen LogP contribution in [0.2, 0.25) is 0 Å². The minimum absolute atomic E-state index is 0.0560. The van der Waals surface area contributed by atoms with Gasteiger partial charge in [-0.2, -0.15) is 0 Å². The molecule has 0 radical (unpaired) electrons. The second-order valence-corrected chi connectivity index (χ2v) is 7.51. The highest BCUT2D eigenvalue weighted by Crippen LogP contribution is 2.26. The highest BCUT2D eigenvalue weighted by Gasteiger charge is 2.13. The van der Waals surface area contributed by atoms with Crippen molar-refractivity contribution in [3.63, 3.8) is 0 Å². The number of amides is 1. The van der Waals surface area contributed by atoms with Gasteiger partial charge in [0.2, 0.25) is 11.0 Å². The lowest BCUT2D eigenvalue weighted by atomic mass is 10.2. The minimum Gasteiger partial charge on any atom is -0.494 e. The summed E-state index contributed by atoms with van der Waals surface area (Å²) in [5.41, 5.74) is 0.709. The first-order valence-corrected chi connectivity index (χ1v) is 9.60. The SMILES string of the molecule is CCCNc1nnc(SCC(=O)N(C)Cc2ccc(OC)c(F)c2)s1. The van der Waals surface area contributed by atoms with Gasteiger partial charge >= 0.3 is 0 Å². The molecule has 6 nitrogen and oxygen atoms in total. The van der Waals surface area contributed by atoms with Crippen molar-refractivity contribution in [2.45, 2.75) is 24.2 Å². The number of carbonyl (C=O) groups is 1. The summed E-state index contributed by atoms with van der Waals surface area (Å²) >= 11 is 2.78. The van der Waals surface area contributed by atoms with Crippen molar-refractivity contribution in [3.8, 4) is 5.75 Å². The molecular weight excluding hydrogens is 363 g/mol. The van der Waals surface area contributed by atoms with Crippen molar-refractivity contribution in [2.75, 3.05) is 31.8 Å². The molecule has 9 heteroatoms. The zero-order valence-electron chi connectivity index (χ0n) is 14.4. The van der Waals surface area contributed by atoms with Gasteiger partial charge in [0.25, 0.3) is 0 Å². The topological polar surface area (TPSA) is 67.4 Å². The second kappa shape index (κ2) is 9.57. The smallest absolute Gasteiger partial charge is 0.233 e. The van der Waals surface area contributed by atoms with E-state index in [1.165, 1.54) is 36.3 Å². The number of nitrogens with one attached hydrogen (secondary N) is 1. The first kappa shape index (κ1) is 19.5. The van der Waals surface area contributed by atoms with Crippen LogP contribution in [0.15, 0.2) is 22.5 Å². The lowest BCUT2D eigenvalue weighted by Gasteiger charge is -2.17. The van der Waals surface area contributed by atoms with Crippen molar-refractivity contribution >= 4 is 34.1 Å². The predicted molar refractivity (Wildman–Crippen MR) is 98.8 cm³/mol. The molecule has 0 spiro atoms. The average molecular weight is 385 g/mol. The third-order valence-corrected chi connectivity index (χ3v) is 5.31. The van der Waals surface area contributed by atoms with Gasteiger partial charge in [-0.05, 0) is 24.1 Å². The van der Waals surface area contributed by atoms with E-state index in [1.54, 1.807) is 24.1 Å². The standard InChI is InChI=1S/C16H21FN4O2S2/c1-4-7-18-15-19-20-16(25-15)24-10-14(22)21(2)9-11-5-6-13(23-3)12(17)8-11/h5-6,8H,4,7,9-10H2,1-3H3,(H,18,19). The van der Waals surface area contributed by atoms with Gasteiger partial charge < -0.3 is 15.0 Å². The van der Waals surface area contributed by atoms with Crippen molar-refractivity contribution in [1.29, 1.82) is 0 Å². The van der Waals surface area contributed by atoms with Gasteiger partial charge in [-0.25, -0.2) is 4.39 Å². The maximum absolute atomic E-state index is 13.7. The number of methoxy groups -OCH3 is 1. The van der Waals surface area contributed by atoms with E-state index in [9.17, 15) is 9.18 Å². The highest BCUT2D eigenvalue weighted by molar-refractivity contribution is 8.01. The molecule has 0 saturated heterocycles. The van der Waals surface area contributed by atoms with Crippen LogP contribution in [0.25, 0.3) is 0 Å². The minimum atomic E-state index is -0.434. The van der Waals surface area contributed by atoms with Gasteiger partial charge in [0.15, 0.2) is 15.9 Å². The molecule has 0 aliphatic rings. The Morgan fingerprint density at radius 1 is 1.44 bits per heavy atom. The molecule has 0 bridgehead atoms. The maximum atomic E-state index is 13.7. The third-order valence-electron chi connectivity index (χ3n) is 3.31. The van der Waals surface area contributed by atoms with Crippen molar-refractivity contribution in [2.24, 2.45) is 0 Å². The van der Waals surface area contributed by atoms with Gasteiger partial charge in [-0.3, -0.25) is 4.79 Å². The van der Waals surface area contributed by atoms with Crippen LogP contribution < -0.4 is 10.1 Å². The Kier molecular flexibility index (Phi) is 7.45. The number of benzene rings is 1. The lowest BCUT2D eigenvalue weighted by Crippen LogP contribution is -2.27. The molecule has 1 aromatic heterocycles. The summed E-state index contributed by atoms with van der Waals surface area (Å²) in [7, 11) is 3.11. The van der Waals surface area contributed by atoms with Crippen LogP contribution in [0.1, 0.15) is 18.9 Å². The van der Waals surface area contributed by atoms with Crippen molar-refractivity contribution in [1.82, 2.24) is 15.1 Å². The summed E-state index contributed by atoms with van der Waals surface area (Å²) in [5, 5.41) is 12.0. The summed E-state index contributed by atoms with van der Waals surface area (Å²) in [4.78, 5) is 13.8. The molecule has 0 unspecified atom stereocenters. The Bertz CT molecular complexity index is 711. The molecule has 0 fully saturated rings. The van der Waals surface area contributed by atoms with Crippen LogP contribution >= 0.6 is 23.1 Å². The van der Waals surface area contributed by atoms with E-state index in [-0.39, 0.29) is 17.4 Å². The quantitative estimate of drug-likeness (QED) is 0.670. The van der Waals surface area contributed by atoms with Gasteiger partial charge in [-0.15, -0.1) is 10.2 Å². The number of hydrogen-bond donors (Lipinski definition) is 1. The second-order valence-electron chi connectivity index (χ2n) is 5.31. The molecule has 0 saturated carbocycles. The number of thioether (sulfide) groups is 1. The average Bonchev–Trinajstić information content (AvgIpc) is 3.05. The van der Waals surface area contributed by atoms with E-state index < -0.39 is 5.82 Å². The Hall–Kier alpha value is -1.87. The molecule has 136 valence electrons. The molecule has 0 aliphatic heterocycles. The fraction of sp³-hybridized carbons (Fsp3) is 0.438. The monoisotopic (exact) mass is 384 g/mol. The van der Waals surface area contributed by atoms with E-state index >= 15 is 0 Å². The van der Waals surface area contributed by atoms with E-state index in [0.29, 0.717) is 12.1 Å². The van der Waals surface area contributed by atoms with E-state index in [0.717, 1.165) is 22.4 Å². The normalized spacial score (nSPS) is 10.6. The third kappa shape index (κ3) is 5.86. The summed E-state index contributed by atoms with van der Waals surface area (Å²) in [6.45, 7) is 3.26. The Morgan fingerprint density at radius 2 is 2.24 bits per heavy atom. The largest absolute Gasteiger partial charge is 0.494 e. The van der Waals surface area contributed by atoms with Crippen molar-refractivity contribution in [3.05, 3.63) is 29.6 Å². The molecule has 2 rings (SSSR count). The predicted octanol–water partition coefficient (Wildman–Crippen LogP) is 3.26. The number of hydrogen-bond acceptors (Lipinski definition) is 7. The molecule has 25 heavy (non-hydrogen) atoms. The number of carbonyl (C=O) groups excluding carboxylic acids is 1. The number of rotatable bonds is 9. The van der Waals surface area contributed by atoms with Crippen LogP contribution in [0.4, 0.5) is 9.52 Å². The van der Waals surface area contributed by atoms with Gasteiger partial charge in [0.1, 0.15) is 0 Å². The highest BCUT2D eigenvalue weighted by atomic mass is 32.2. The number of nitrogens with zero attached hydrogens (tertiary/aromatic N) is 3. The van der Waals surface area contributed by atoms with Gasteiger partial charge in [0, 0.05) is 20.1 Å². The van der Waals surface area contributed by atoms with E-state index in [4.69, 9.17) is 4.74 Å². The Balaban J connectivity index is 1.83. The first-order chi connectivity index (χ1) is 12.0. The molecule has 0 atom stereocenters. The zero-order valence-corrected chi connectivity index (χ0v) is 16.0. The molecule has 1 N–H and O–H groups in total. The van der Waals surface area contributed by atoms with E-state index in [2.05, 4.69) is 22.4 Å². The van der Waals surface area contributed by atoms with Crippen LogP contribution in [0.3, 0.4) is 0 Å². The fourth-order valence-electron chi connectivity index (χ4n) is 1.98. The molecule has 0 aliphatic carbocycles. The zero-order chi connectivity index (χ0) is 18.2. The molecule has 1 heterocycles. The van der Waals surface area contributed by atoms with Crippen molar-refractivity contribution < 1.29 is 13.9 Å². The van der Waals surface area contributed by atoms with Gasteiger partial charge in [-0.1, -0.05) is 36.1 Å². The van der Waals surface area contributed by atoms with Crippen LogP contribution in [-0.2, 0) is 11.3 Å². The summed E-state index contributed by atoms with van der Waals surface area (Å²) < 4.78 is 19.3. The lowest BCUT2D eigenvalue weighted by molar-refractivity contribution is -0.127. The first-order valence-electron chi connectivity index (χ1n) is 7.80.